The van der Waals surface area contributed by atoms with Crippen molar-refractivity contribution >= 4 is 5.91 Å². The lowest BCUT2D eigenvalue weighted by Crippen LogP contribution is -2.43. The Hall–Kier alpha value is -1.13. The largest absolute Gasteiger partial charge is 0.379 e. The van der Waals surface area contributed by atoms with Crippen molar-refractivity contribution in [3.05, 3.63) is 23.4 Å². The summed E-state index contributed by atoms with van der Waals surface area (Å²) in [5.74, 6) is 0.178. The molecule has 2 rings (SSSR count). The molecular formula is C15H24N2O2. The molecule has 1 fully saturated rings. The number of ether oxygens (including phenoxy) is 1. The van der Waals surface area contributed by atoms with Crippen LogP contribution in [0.3, 0.4) is 0 Å². The van der Waals surface area contributed by atoms with Gasteiger partial charge in [0.05, 0.1) is 19.1 Å². The summed E-state index contributed by atoms with van der Waals surface area (Å²) in [5, 5.41) is 0. The monoisotopic (exact) mass is 264 g/mol. The third kappa shape index (κ3) is 3.67. The standard InChI is InChI=1S/C15H24N2O2/c1-12-10-13(2)15(18)17(14(3)11-12)5-4-16-6-8-19-9-7-16/h10-11,13H,4-9H2,1-3H3/t13-/m0/s1. The molecule has 4 nitrogen and oxygen atoms in total. The third-order valence-electron chi connectivity index (χ3n) is 3.77. The predicted molar refractivity (Wildman–Crippen MR) is 75.7 cm³/mol. The molecule has 1 atom stereocenters. The molecular weight excluding hydrogens is 240 g/mol. The molecule has 1 saturated heterocycles. The first-order chi connectivity index (χ1) is 9.08. The highest BCUT2D eigenvalue weighted by molar-refractivity contribution is 5.82. The number of hydrogen-bond donors (Lipinski definition) is 0. The average molecular weight is 264 g/mol. The number of hydrogen-bond acceptors (Lipinski definition) is 3. The highest BCUT2D eigenvalue weighted by Gasteiger charge is 2.23. The van der Waals surface area contributed by atoms with Crippen molar-refractivity contribution in [1.29, 1.82) is 0 Å². The van der Waals surface area contributed by atoms with E-state index in [9.17, 15) is 4.79 Å². The lowest BCUT2D eigenvalue weighted by atomic mass is 10.1. The second-order valence-electron chi connectivity index (χ2n) is 5.43. The Morgan fingerprint density at radius 2 is 1.95 bits per heavy atom. The van der Waals surface area contributed by atoms with Crippen molar-refractivity contribution in [3.63, 3.8) is 0 Å². The first kappa shape index (κ1) is 14.3. The first-order valence-corrected chi connectivity index (χ1v) is 7.06. The molecule has 0 unspecified atom stereocenters. The predicted octanol–water partition coefficient (Wildman–Crippen LogP) is 1.65. The Balaban J connectivity index is 1.97. The summed E-state index contributed by atoms with van der Waals surface area (Å²) in [6, 6.07) is 0. The van der Waals surface area contributed by atoms with Crippen LogP contribution in [0.1, 0.15) is 20.8 Å². The molecule has 0 aliphatic carbocycles. The maximum atomic E-state index is 12.4. The Morgan fingerprint density at radius 3 is 2.63 bits per heavy atom. The van der Waals surface area contributed by atoms with E-state index in [1.807, 2.05) is 24.8 Å². The molecule has 0 spiro atoms. The number of nitrogens with zero attached hydrogens (tertiary/aromatic N) is 2. The normalized spacial score (nSPS) is 25.9. The SMILES string of the molecule is CC1=C[C@H](C)C(=O)N(CCN2CCOCC2)C(C)=C1. The summed E-state index contributed by atoms with van der Waals surface area (Å²) in [7, 11) is 0. The van der Waals surface area contributed by atoms with Crippen LogP contribution >= 0.6 is 0 Å². The van der Waals surface area contributed by atoms with Crippen LogP contribution in [0, 0.1) is 5.92 Å². The molecule has 2 aliphatic heterocycles. The smallest absolute Gasteiger partial charge is 0.233 e. The van der Waals surface area contributed by atoms with E-state index in [1.165, 1.54) is 5.57 Å². The van der Waals surface area contributed by atoms with Gasteiger partial charge in [0.2, 0.25) is 5.91 Å². The molecule has 0 N–H and O–H groups in total. The zero-order valence-electron chi connectivity index (χ0n) is 12.2. The van der Waals surface area contributed by atoms with Crippen molar-refractivity contribution in [3.8, 4) is 0 Å². The van der Waals surface area contributed by atoms with Gasteiger partial charge in [-0.2, -0.15) is 0 Å². The van der Waals surface area contributed by atoms with Crippen LogP contribution in [-0.4, -0.2) is 55.1 Å². The molecule has 0 aromatic carbocycles. The van der Waals surface area contributed by atoms with E-state index >= 15 is 0 Å². The van der Waals surface area contributed by atoms with Crippen LogP contribution in [0.2, 0.25) is 0 Å². The van der Waals surface area contributed by atoms with Gasteiger partial charge >= 0.3 is 0 Å². The molecule has 106 valence electrons. The lowest BCUT2D eigenvalue weighted by molar-refractivity contribution is -0.131. The second kappa shape index (κ2) is 6.35. The molecule has 1 amide bonds. The molecule has 0 radical (unpaired) electrons. The zero-order chi connectivity index (χ0) is 13.8. The molecule has 0 aromatic rings. The number of carbonyl (C=O) groups excluding carboxylic acids is 1. The summed E-state index contributed by atoms with van der Waals surface area (Å²) in [6.07, 6.45) is 4.14. The van der Waals surface area contributed by atoms with Crippen molar-refractivity contribution in [1.82, 2.24) is 9.80 Å². The van der Waals surface area contributed by atoms with Gasteiger partial charge in [0.15, 0.2) is 0 Å². The van der Waals surface area contributed by atoms with Gasteiger partial charge in [-0.25, -0.2) is 0 Å². The Kier molecular flexibility index (Phi) is 4.77. The van der Waals surface area contributed by atoms with Gasteiger partial charge in [0, 0.05) is 31.9 Å². The minimum atomic E-state index is -0.0293. The maximum absolute atomic E-state index is 12.4. The first-order valence-electron chi connectivity index (χ1n) is 7.06. The Bertz CT molecular complexity index is 395. The minimum Gasteiger partial charge on any atom is -0.379 e. The average Bonchev–Trinajstić information content (AvgIpc) is 2.47. The van der Waals surface area contributed by atoms with Crippen LogP contribution in [0.25, 0.3) is 0 Å². The van der Waals surface area contributed by atoms with Crippen molar-refractivity contribution in [2.75, 3.05) is 39.4 Å². The summed E-state index contributed by atoms with van der Waals surface area (Å²) < 4.78 is 5.34. The van der Waals surface area contributed by atoms with Gasteiger partial charge in [-0.05, 0) is 19.9 Å². The number of morpholine rings is 1. The number of carbonyl (C=O) groups is 1. The van der Waals surface area contributed by atoms with E-state index in [2.05, 4.69) is 17.9 Å². The lowest BCUT2D eigenvalue weighted by Gasteiger charge is -2.30. The number of allylic oxidation sites excluding steroid dienone is 3. The van der Waals surface area contributed by atoms with E-state index in [-0.39, 0.29) is 11.8 Å². The van der Waals surface area contributed by atoms with E-state index in [4.69, 9.17) is 4.74 Å². The topological polar surface area (TPSA) is 32.8 Å². The van der Waals surface area contributed by atoms with Crippen molar-refractivity contribution in [2.24, 2.45) is 5.92 Å². The molecule has 0 saturated carbocycles. The fraction of sp³-hybridized carbons (Fsp3) is 0.667. The fourth-order valence-electron chi connectivity index (χ4n) is 2.69. The molecule has 2 aliphatic rings. The molecule has 19 heavy (non-hydrogen) atoms. The Morgan fingerprint density at radius 1 is 1.26 bits per heavy atom. The van der Waals surface area contributed by atoms with Gasteiger partial charge < -0.3 is 9.64 Å². The van der Waals surface area contributed by atoms with E-state index in [0.717, 1.165) is 45.1 Å². The number of amides is 1. The molecule has 4 heteroatoms. The van der Waals surface area contributed by atoms with Crippen LogP contribution in [0.4, 0.5) is 0 Å². The van der Waals surface area contributed by atoms with Crippen LogP contribution in [0.15, 0.2) is 23.4 Å². The van der Waals surface area contributed by atoms with Gasteiger partial charge in [-0.1, -0.05) is 18.6 Å². The van der Waals surface area contributed by atoms with E-state index < -0.39 is 0 Å². The Labute approximate surface area is 115 Å². The fourth-order valence-corrected chi connectivity index (χ4v) is 2.69. The zero-order valence-corrected chi connectivity index (χ0v) is 12.2. The minimum absolute atomic E-state index is 0.0293. The highest BCUT2D eigenvalue weighted by atomic mass is 16.5. The summed E-state index contributed by atoms with van der Waals surface area (Å²) in [5.41, 5.74) is 2.23. The van der Waals surface area contributed by atoms with E-state index in [1.54, 1.807) is 0 Å². The summed E-state index contributed by atoms with van der Waals surface area (Å²) >= 11 is 0. The third-order valence-corrected chi connectivity index (χ3v) is 3.77. The van der Waals surface area contributed by atoms with Crippen molar-refractivity contribution in [2.45, 2.75) is 20.8 Å². The van der Waals surface area contributed by atoms with Gasteiger partial charge in [0.1, 0.15) is 0 Å². The highest BCUT2D eigenvalue weighted by Crippen LogP contribution is 2.19. The van der Waals surface area contributed by atoms with Gasteiger partial charge in [-0.3, -0.25) is 9.69 Å². The van der Waals surface area contributed by atoms with Gasteiger partial charge in [-0.15, -0.1) is 0 Å². The number of rotatable bonds is 3. The summed E-state index contributed by atoms with van der Waals surface area (Å²) in [6.45, 7) is 11.3. The van der Waals surface area contributed by atoms with Crippen LogP contribution in [-0.2, 0) is 9.53 Å². The summed E-state index contributed by atoms with van der Waals surface area (Å²) in [4.78, 5) is 16.7. The maximum Gasteiger partial charge on any atom is 0.233 e. The quantitative estimate of drug-likeness (QED) is 0.777. The van der Waals surface area contributed by atoms with Gasteiger partial charge in [0.25, 0.3) is 0 Å². The van der Waals surface area contributed by atoms with Crippen molar-refractivity contribution < 1.29 is 9.53 Å². The van der Waals surface area contributed by atoms with Crippen LogP contribution < -0.4 is 0 Å². The molecule has 0 bridgehead atoms. The second-order valence-corrected chi connectivity index (χ2v) is 5.43. The molecule has 2 heterocycles. The van der Waals surface area contributed by atoms with Crippen LogP contribution in [0.5, 0.6) is 0 Å². The molecule has 0 aromatic heterocycles. The van der Waals surface area contributed by atoms with E-state index in [0.29, 0.717) is 0 Å².